The van der Waals surface area contributed by atoms with Crippen LogP contribution in [0.2, 0.25) is 0 Å². The van der Waals surface area contributed by atoms with Crippen molar-refractivity contribution in [2.75, 3.05) is 40.4 Å². The molecule has 9 heteroatoms. The highest BCUT2D eigenvalue weighted by Crippen LogP contribution is 2.29. The van der Waals surface area contributed by atoms with Gasteiger partial charge in [0.1, 0.15) is 5.56 Å². The summed E-state index contributed by atoms with van der Waals surface area (Å²) in [5.41, 5.74) is 0.312. The van der Waals surface area contributed by atoms with Gasteiger partial charge in [-0.25, -0.2) is 0 Å². The molecule has 2 aliphatic rings. The summed E-state index contributed by atoms with van der Waals surface area (Å²) in [6.07, 6.45) is 3.59. The molecule has 0 unspecified atom stereocenters. The fourth-order valence-electron chi connectivity index (χ4n) is 4.36. The number of aromatic nitrogens is 1. The molecule has 3 amide bonds. The van der Waals surface area contributed by atoms with Crippen LogP contribution in [0, 0.1) is 5.92 Å². The quantitative estimate of drug-likeness (QED) is 0.788. The molecule has 30 heavy (non-hydrogen) atoms. The summed E-state index contributed by atoms with van der Waals surface area (Å²) in [5, 5.41) is 2.96. The highest BCUT2D eigenvalue weighted by Gasteiger charge is 2.37. The van der Waals surface area contributed by atoms with Crippen LogP contribution in [0.15, 0.2) is 12.1 Å². The van der Waals surface area contributed by atoms with Crippen LogP contribution >= 0.6 is 0 Å². The van der Waals surface area contributed by atoms with Gasteiger partial charge < -0.3 is 24.6 Å². The van der Waals surface area contributed by atoms with Gasteiger partial charge in [-0.2, -0.15) is 4.98 Å². The molecule has 0 bridgehead atoms. The molecule has 1 saturated heterocycles. The van der Waals surface area contributed by atoms with E-state index in [2.05, 4.69) is 10.3 Å². The van der Waals surface area contributed by atoms with Crippen LogP contribution in [0.5, 0.6) is 11.8 Å². The van der Waals surface area contributed by atoms with Crippen LogP contribution in [-0.2, 0) is 9.59 Å². The Balaban J connectivity index is 1.84. The van der Waals surface area contributed by atoms with Crippen molar-refractivity contribution in [1.29, 1.82) is 0 Å². The summed E-state index contributed by atoms with van der Waals surface area (Å²) < 4.78 is 10.4. The van der Waals surface area contributed by atoms with Crippen LogP contribution < -0.4 is 14.8 Å². The molecule has 0 radical (unpaired) electrons. The van der Waals surface area contributed by atoms with E-state index in [0.717, 1.165) is 25.7 Å². The summed E-state index contributed by atoms with van der Waals surface area (Å²) in [6, 6.07) is 3.10. The molecule has 2 atom stereocenters. The number of nitrogens with one attached hydrogen (secondary N) is 1. The number of ether oxygens (including phenoxy) is 2. The van der Waals surface area contributed by atoms with Crippen molar-refractivity contribution in [1.82, 2.24) is 20.1 Å². The Kier molecular flexibility index (Phi) is 7.12. The molecule has 0 spiro atoms. The maximum absolute atomic E-state index is 13.2. The molecule has 0 aromatic carbocycles. The highest BCUT2D eigenvalue weighted by atomic mass is 16.5. The van der Waals surface area contributed by atoms with E-state index in [1.54, 1.807) is 21.9 Å². The van der Waals surface area contributed by atoms with Crippen molar-refractivity contribution in [3.05, 3.63) is 17.7 Å². The third-order valence-electron chi connectivity index (χ3n) is 5.92. The summed E-state index contributed by atoms with van der Waals surface area (Å²) in [7, 11) is 2.94. The second-order valence-corrected chi connectivity index (χ2v) is 7.66. The summed E-state index contributed by atoms with van der Waals surface area (Å²) in [5.74, 6) is -0.0319. The number of carbonyl (C=O) groups is 3. The topological polar surface area (TPSA) is 101 Å². The van der Waals surface area contributed by atoms with Gasteiger partial charge in [-0.05, 0) is 18.9 Å². The van der Waals surface area contributed by atoms with Crippen molar-refractivity contribution in [2.45, 2.75) is 38.6 Å². The number of rotatable bonds is 3. The lowest BCUT2D eigenvalue weighted by Gasteiger charge is -2.40. The Morgan fingerprint density at radius 3 is 2.57 bits per heavy atom. The zero-order chi connectivity index (χ0) is 21.7. The Bertz CT molecular complexity index is 800. The SMILES string of the molecule is COc1ccc(C(=O)N2CCNC(=O)[C@H]3CCCC[C@H]3N(C(C)=O)CC2)c(OC)n1. The van der Waals surface area contributed by atoms with E-state index in [-0.39, 0.29) is 35.6 Å². The van der Waals surface area contributed by atoms with E-state index in [9.17, 15) is 14.4 Å². The minimum Gasteiger partial charge on any atom is -0.481 e. The second kappa shape index (κ2) is 9.77. The fraction of sp³-hybridized carbons (Fsp3) is 0.619. The molecule has 9 nitrogen and oxygen atoms in total. The van der Waals surface area contributed by atoms with Gasteiger partial charge in [-0.1, -0.05) is 12.8 Å². The molecule has 3 rings (SSSR count). The van der Waals surface area contributed by atoms with Crippen molar-refractivity contribution >= 4 is 17.7 Å². The maximum atomic E-state index is 13.2. The Morgan fingerprint density at radius 2 is 1.87 bits per heavy atom. The zero-order valence-corrected chi connectivity index (χ0v) is 17.8. The van der Waals surface area contributed by atoms with Gasteiger partial charge in [0.25, 0.3) is 5.91 Å². The third kappa shape index (κ3) is 4.66. The van der Waals surface area contributed by atoms with Crippen LogP contribution in [0.4, 0.5) is 0 Å². The molecule has 1 saturated carbocycles. The molecule has 1 aliphatic carbocycles. The first kappa shape index (κ1) is 21.9. The molecule has 2 heterocycles. The number of carbonyl (C=O) groups excluding carboxylic acids is 3. The lowest BCUT2D eigenvalue weighted by atomic mass is 9.82. The molecular formula is C21H30N4O5. The van der Waals surface area contributed by atoms with E-state index in [0.29, 0.717) is 37.6 Å². The molecule has 1 aromatic heterocycles. The maximum Gasteiger partial charge on any atom is 0.259 e. The fourth-order valence-corrected chi connectivity index (χ4v) is 4.36. The molecule has 1 N–H and O–H groups in total. The number of hydrogen-bond donors (Lipinski definition) is 1. The minimum atomic E-state index is -0.263. The number of nitrogens with zero attached hydrogens (tertiary/aromatic N) is 3. The van der Waals surface area contributed by atoms with E-state index in [1.807, 2.05) is 0 Å². The van der Waals surface area contributed by atoms with Gasteiger partial charge in [-0.15, -0.1) is 0 Å². The average molecular weight is 418 g/mol. The largest absolute Gasteiger partial charge is 0.481 e. The Morgan fingerprint density at radius 1 is 1.10 bits per heavy atom. The first-order valence-corrected chi connectivity index (χ1v) is 10.4. The Labute approximate surface area is 176 Å². The summed E-state index contributed by atoms with van der Waals surface area (Å²) >= 11 is 0. The molecular weight excluding hydrogens is 388 g/mol. The standard InChI is InChI=1S/C21H30N4O5/c1-14(26)25-13-12-24(11-10-22-19(27)15-6-4-5-7-17(15)25)21(28)16-8-9-18(29-2)23-20(16)30-3/h8-9,15,17H,4-7,10-13H2,1-3H3,(H,22,27)/t15-,17+/m0/s1. The van der Waals surface area contributed by atoms with Gasteiger partial charge in [0, 0.05) is 45.2 Å². The van der Waals surface area contributed by atoms with Crippen molar-refractivity contribution < 1.29 is 23.9 Å². The predicted molar refractivity (Wildman–Crippen MR) is 109 cm³/mol. The zero-order valence-electron chi connectivity index (χ0n) is 17.8. The van der Waals surface area contributed by atoms with Crippen LogP contribution in [0.1, 0.15) is 43.0 Å². The van der Waals surface area contributed by atoms with E-state index in [1.165, 1.54) is 21.1 Å². The third-order valence-corrected chi connectivity index (χ3v) is 5.92. The van der Waals surface area contributed by atoms with Crippen molar-refractivity contribution in [3.63, 3.8) is 0 Å². The molecule has 1 aliphatic heterocycles. The smallest absolute Gasteiger partial charge is 0.259 e. The predicted octanol–water partition coefficient (Wildman–Crippen LogP) is 1.08. The Hall–Kier alpha value is -2.84. The number of pyridine rings is 1. The molecule has 164 valence electrons. The lowest BCUT2D eigenvalue weighted by molar-refractivity contribution is -0.137. The first-order valence-electron chi connectivity index (χ1n) is 10.4. The summed E-state index contributed by atoms with van der Waals surface area (Å²) in [4.78, 5) is 46.0. The number of methoxy groups -OCH3 is 2. The number of amides is 3. The average Bonchev–Trinajstić information content (AvgIpc) is 2.76. The first-order chi connectivity index (χ1) is 14.5. The number of hydrogen-bond acceptors (Lipinski definition) is 6. The number of fused-ring (bicyclic) bond motifs is 1. The van der Waals surface area contributed by atoms with Gasteiger partial charge >= 0.3 is 0 Å². The van der Waals surface area contributed by atoms with Gasteiger partial charge in [-0.3, -0.25) is 14.4 Å². The second-order valence-electron chi connectivity index (χ2n) is 7.66. The van der Waals surface area contributed by atoms with Gasteiger partial charge in [0.15, 0.2) is 0 Å². The molecule has 2 fully saturated rings. The van der Waals surface area contributed by atoms with Crippen molar-refractivity contribution in [2.24, 2.45) is 5.92 Å². The van der Waals surface area contributed by atoms with Crippen LogP contribution in [0.25, 0.3) is 0 Å². The van der Waals surface area contributed by atoms with Crippen molar-refractivity contribution in [3.8, 4) is 11.8 Å². The van der Waals surface area contributed by atoms with Gasteiger partial charge in [0.2, 0.25) is 23.6 Å². The lowest BCUT2D eigenvalue weighted by Crippen LogP contribution is -2.55. The summed E-state index contributed by atoms with van der Waals surface area (Å²) in [6.45, 7) is 2.98. The molecule has 1 aromatic rings. The normalized spacial score (nSPS) is 22.6. The van der Waals surface area contributed by atoms with Crippen LogP contribution in [-0.4, -0.2) is 78.9 Å². The van der Waals surface area contributed by atoms with E-state index < -0.39 is 0 Å². The minimum absolute atomic E-state index is 0.0380. The van der Waals surface area contributed by atoms with E-state index in [4.69, 9.17) is 9.47 Å². The monoisotopic (exact) mass is 418 g/mol. The van der Waals surface area contributed by atoms with Gasteiger partial charge in [0.05, 0.1) is 20.1 Å². The highest BCUT2D eigenvalue weighted by molar-refractivity contribution is 5.96. The van der Waals surface area contributed by atoms with E-state index >= 15 is 0 Å². The van der Waals surface area contributed by atoms with Crippen LogP contribution in [0.3, 0.4) is 0 Å².